The van der Waals surface area contributed by atoms with Crippen LogP contribution in [0.15, 0.2) is 47.4 Å². The van der Waals surface area contributed by atoms with E-state index in [2.05, 4.69) is 4.72 Å². The van der Waals surface area contributed by atoms with Crippen molar-refractivity contribution < 1.29 is 12.8 Å². The molecule has 3 nitrogen and oxygen atoms in total. The summed E-state index contributed by atoms with van der Waals surface area (Å²) in [7, 11) is -3.65. The summed E-state index contributed by atoms with van der Waals surface area (Å²) in [4.78, 5) is 0.219. The Hall–Kier alpha value is -1.88. The van der Waals surface area contributed by atoms with E-state index < -0.39 is 10.0 Å². The van der Waals surface area contributed by atoms with Gasteiger partial charge < -0.3 is 0 Å². The van der Waals surface area contributed by atoms with Gasteiger partial charge in [0.25, 0.3) is 10.0 Å². The summed E-state index contributed by atoms with van der Waals surface area (Å²) in [6.07, 6.45) is 0. The van der Waals surface area contributed by atoms with Crippen LogP contribution in [0, 0.1) is 19.7 Å². The number of halogens is 1. The molecule has 0 spiro atoms. The highest BCUT2D eigenvalue weighted by molar-refractivity contribution is 7.92. The maximum absolute atomic E-state index is 13.1. The fraction of sp³-hybridized carbons (Fsp3) is 0.143. The summed E-state index contributed by atoms with van der Waals surface area (Å²) in [6.45, 7) is 3.31. The summed E-state index contributed by atoms with van der Waals surface area (Å²) in [5.41, 5.74) is 1.40. The Morgan fingerprint density at radius 3 is 2.32 bits per heavy atom. The van der Waals surface area contributed by atoms with Crippen molar-refractivity contribution in [3.05, 3.63) is 59.4 Å². The van der Waals surface area contributed by atoms with Crippen molar-refractivity contribution in [2.75, 3.05) is 4.72 Å². The van der Waals surface area contributed by atoms with Crippen LogP contribution < -0.4 is 4.72 Å². The van der Waals surface area contributed by atoms with Gasteiger partial charge in [-0.1, -0.05) is 18.2 Å². The molecule has 0 atom stereocenters. The number of nitrogens with one attached hydrogen (secondary N) is 1. The highest BCUT2D eigenvalue weighted by Gasteiger charge is 2.16. The third-order valence-corrected chi connectivity index (χ3v) is 4.33. The number of aryl methyl sites for hydroxylation is 2. The minimum atomic E-state index is -3.65. The molecule has 0 aliphatic rings. The van der Waals surface area contributed by atoms with Gasteiger partial charge in [0.2, 0.25) is 0 Å². The van der Waals surface area contributed by atoms with Gasteiger partial charge in [0.05, 0.1) is 4.90 Å². The number of anilines is 1. The van der Waals surface area contributed by atoms with Gasteiger partial charge in [-0.15, -0.1) is 0 Å². The third kappa shape index (κ3) is 2.93. The predicted molar refractivity (Wildman–Crippen MR) is 73.1 cm³/mol. The SMILES string of the molecule is Cc1cc(NS(=O)(=O)c2ccccc2C)ccc1F. The van der Waals surface area contributed by atoms with E-state index in [-0.39, 0.29) is 10.7 Å². The first-order valence-electron chi connectivity index (χ1n) is 5.75. The van der Waals surface area contributed by atoms with Crippen molar-refractivity contribution in [2.45, 2.75) is 18.7 Å². The van der Waals surface area contributed by atoms with E-state index in [1.165, 1.54) is 24.3 Å². The van der Waals surface area contributed by atoms with Gasteiger partial charge >= 0.3 is 0 Å². The number of hydrogen-bond acceptors (Lipinski definition) is 2. The Bertz CT molecular complexity index is 711. The average Bonchev–Trinajstić information content (AvgIpc) is 2.34. The molecule has 0 fully saturated rings. The normalized spacial score (nSPS) is 11.3. The van der Waals surface area contributed by atoms with Gasteiger partial charge in [-0.3, -0.25) is 4.72 Å². The molecule has 0 radical (unpaired) electrons. The minimum absolute atomic E-state index is 0.219. The molecule has 5 heteroatoms. The van der Waals surface area contributed by atoms with Crippen LogP contribution in [0.25, 0.3) is 0 Å². The second-order valence-corrected chi connectivity index (χ2v) is 5.99. The molecule has 2 rings (SSSR count). The van der Waals surface area contributed by atoms with Gasteiger partial charge in [-0.05, 0) is 49.2 Å². The van der Waals surface area contributed by atoms with E-state index in [1.807, 2.05) is 0 Å². The molecule has 100 valence electrons. The lowest BCUT2D eigenvalue weighted by Gasteiger charge is -2.10. The molecule has 0 aromatic heterocycles. The van der Waals surface area contributed by atoms with Crippen molar-refractivity contribution in [3.8, 4) is 0 Å². The van der Waals surface area contributed by atoms with Crippen molar-refractivity contribution in [3.63, 3.8) is 0 Å². The lowest BCUT2D eigenvalue weighted by Crippen LogP contribution is -2.14. The molecule has 0 unspecified atom stereocenters. The third-order valence-electron chi connectivity index (χ3n) is 2.79. The average molecular weight is 279 g/mol. The lowest BCUT2D eigenvalue weighted by atomic mass is 10.2. The van der Waals surface area contributed by atoms with Gasteiger partial charge in [0.1, 0.15) is 5.82 Å². The standard InChI is InChI=1S/C14H14FNO2S/c1-10-5-3-4-6-14(10)19(17,18)16-12-7-8-13(15)11(2)9-12/h3-9,16H,1-2H3. The largest absolute Gasteiger partial charge is 0.280 e. The molecule has 0 aliphatic carbocycles. The maximum Gasteiger partial charge on any atom is 0.262 e. The number of benzene rings is 2. The zero-order valence-corrected chi connectivity index (χ0v) is 11.5. The van der Waals surface area contributed by atoms with Crippen LogP contribution in [0.5, 0.6) is 0 Å². The topological polar surface area (TPSA) is 46.2 Å². The number of rotatable bonds is 3. The van der Waals surface area contributed by atoms with E-state index >= 15 is 0 Å². The van der Waals surface area contributed by atoms with Gasteiger partial charge in [-0.2, -0.15) is 0 Å². The summed E-state index contributed by atoms with van der Waals surface area (Å²) < 4.78 is 40.0. The Morgan fingerprint density at radius 2 is 1.68 bits per heavy atom. The van der Waals surface area contributed by atoms with Gasteiger partial charge in [0.15, 0.2) is 0 Å². The quantitative estimate of drug-likeness (QED) is 0.937. The molecule has 0 bridgehead atoms. The van der Waals surface area contributed by atoms with Crippen LogP contribution >= 0.6 is 0 Å². The summed E-state index contributed by atoms with van der Waals surface area (Å²) >= 11 is 0. The van der Waals surface area contributed by atoms with Gasteiger partial charge in [-0.25, -0.2) is 12.8 Å². The Morgan fingerprint density at radius 1 is 1.00 bits per heavy atom. The van der Waals surface area contributed by atoms with E-state index in [1.54, 1.807) is 32.0 Å². The second-order valence-electron chi connectivity index (χ2n) is 4.33. The van der Waals surface area contributed by atoms with Crippen molar-refractivity contribution in [1.29, 1.82) is 0 Å². The van der Waals surface area contributed by atoms with Crippen LogP contribution in [-0.4, -0.2) is 8.42 Å². The van der Waals surface area contributed by atoms with Crippen LogP contribution in [-0.2, 0) is 10.0 Å². The Balaban J connectivity index is 2.37. The Labute approximate surface area is 112 Å². The molecule has 0 heterocycles. The lowest BCUT2D eigenvalue weighted by molar-refractivity contribution is 0.600. The molecular formula is C14H14FNO2S. The molecule has 2 aromatic carbocycles. The van der Waals surface area contributed by atoms with Crippen molar-refractivity contribution >= 4 is 15.7 Å². The fourth-order valence-corrected chi connectivity index (χ4v) is 3.07. The fourth-order valence-electron chi connectivity index (χ4n) is 1.78. The molecule has 19 heavy (non-hydrogen) atoms. The monoisotopic (exact) mass is 279 g/mol. The van der Waals surface area contributed by atoms with Crippen LogP contribution in [0.1, 0.15) is 11.1 Å². The van der Waals surface area contributed by atoms with Crippen molar-refractivity contribution in [1.82, 2.24) is 0 Å². The first-order valence-corrected chi connectivity index (χ1v) is 7.23. The maximum atomic E-state index is 13.1. The first kappa shape index (κ1) is 13.5. The molecule has 0 aliphatic heterocycles. The molecule has 0 saturated heterocycles. The number of sulfonamides is 1. The van der Waals surface area contributed by atoms with Crippen molar-refractivity contribution in [2.24, 2.45) is 0 Å². The summed E-state index contributed by atoms with van der Waals surface area (Å²) in [5, 5.41) is 0. The number of hydrogen-bond donors (Lipinski definition) is 1. The van der Waals surface area contributed by atoms with E-state index in [4.69, 9.17) is 0 Å². The summed E-state index contributed by atoms with van der Waals surface area (Å²) in [5.74, 6) is -0.362. The Kier molecular flexibility index (Phi) is 3.57. The minimum Gasteiger partial charge on any atom is -0.280 e. The zero-order chi connectivity index (χ0) is 14.0. The van der Waals surface area contributed by atoms with E-state index in [0.29, 0.717) is 16.8 Å². The zero-order valence-electron chi connectivity index (χ0n) is 10.6. The highest BCUT2D eigenvalue weighted by atomic mass is 32.2. The molecule has 0 amide bonds. The van der Waals surface area contributed by atoms with Crippen LogP contribution in [0.3, 0.4) is 0 Å². The van der Waals surface area contributed by atoms with Crippen LogP contribution in [0.2, 0.25) is 0 Å². The smallest absolute Gasteiger partial charge is 0.262 e. The van der Waals surface area contributed by atoms with E-state index in [0.717, 1.165) is 0 Å². The van der Waals surface area contributed by atoms with E-state index in [9.17, 15) is 12.8 Å². The van der Waals surface area contributed by atoms with Gasteiger partial charge in [0, 0.05) is 5.69 Å². The predicted octanol–water partition coefficient (Wildman–Crippen LogP) is 3.24. The molecule has 1 N–H and O–H groups in total. The first-order chi connectivity index (χ1) is 8.90. The molecule has 0 saturated carbocycles. The molecule has 2 aromatic rings. The van der Waals surface area contributed by atoms with Crippen LogP contribution in [0.4, 0.5) is 10.1 Å². The second kappa shape index (κ2) is 5.01. The highest BCUT2D eigenvalue weighted by Crippen LogP contribution is 2.20. The summed E-state index contributed by atoms with van der Waals surface area (Å²) in [6, 6.07) is 10.8. The molecular weight excluding hydrogens is 265 g/mol.